The van der Waals surface area contributed by atoms with Crippen molar-refractivity contribution in [2.75, 3.05) is 0 Å². The summed E-state index contributed by atoms with van der Waals surface area (Å²) in [6.07, 6.45) is 0. The third-order valence-corrected chi connectivity index (χ3v) is 0. The maximum Gasteiger partial charge on any atom is 0.394 e. The van der Waals surface area contributed by atoms with E-state index in [0.29, 0.717) is 0 Å². The Hall–Kier alpha value is 0.819. The summed E-state index contributed by atoms with van der Waals surface area (Å²) in [5.41, 5.74) is 0. The van der Waals surface area contributed by atoms with Crippen LogP contribution in [0.2, 0.25) is 0 Å². The summed E-state index contributed by atoms with van der Waals surface area (Å²) < 4.78 is 31.6. The molecular formula is H5MnO4PS. The molecule has 7 heteroatoms. The smallest absolute Gasteiger partial charge is 0.264 e. The van der Waals surface area contributed by atoms with Gasteiger partial charge in [-0.2, -0.15) is 18.3 Å². The standard InChI is InChI=1S/Mn.H2O4S.H3P/c;1-5(2,3)4;/h;(H2,1,2,3,4);1H3. The van der Waals surface area contributed by atoms with Gasteiger partial charge in [0.2, 0.25) is 0 Å². The molecule has 0 bridgehead atoms. The van der Waals surface area contributed by atoms with Crippen molar-refractivity contribution in [1.82, 2.24) is 0 Å². The van der Waals surface area contributed by atoms with Crippen LogP contribution in [0.3, 0.4) is 0 Å². The molecule has 7 heavy (non-hydrogen) atoms. The predicted octanol–water partition coefficient (Wildman–Crippen LogP) is -0.597. The first-order chi connectivity index (χ1) is 2.00. The molecule has 0 aromatic rings. The second-order valence-corrected chi connectivity index (χ2v) is 1.34. The molecule has 0 heterocycles. The van der Waals surface area contributed by atoms with Crippen LogP contribution in [0.15, 0.2) is 0 Å². The fourth-order valence-corrected chi connectivity index (χ4v) is 0. The molecule has 2 N–H and O–H groups in total. The van der Waals surface area contributed by atoms with E-state index in [2.05, 4.69) is 0 Å². The van der Waals surface area contributed by atoms with Crippen molar-refractivity contribution < 1.29 is 34.6 Å². The largest absolute Gasteiger partial charge is 0.394 e. The monoisotopic (exact) mass is 187 g/mol. The molecule has 1 radical (unpaired) electrons. The fraction of sp³-hybridized carbons (Fsp3) is 0. The van der Waals surface area contributed by atoms with Crippen LogP contribution in [-0.4, -0.2) is 17.5 Å². The maximum atomic E-state index is 8.74. The quantitative estimate of drug-likeness (QED) is 0.301. The van der Waals surface area contributed by atoms with E-state index in [0.717, 1.165) is 0 Å². The number of hydrogen-bond donors (Lipinski definition) is 2. The Morgan fingerprint density at radius 1 is 1.14 bits per heavy atom. The van der Waals surface area contributed by atoms with Crippen LogP contribution in [-0.2, 0) is 27.5 Å². The van der Waals surface area contributed by atoms with Gasteiger partial charge in [0.1, 0.15) is 0 Å². The Kier molecular flexibility index (Phi) is 11.1. The third-order valence-electron chi connectivity index (χ3n) is 0. The zero-order valence-corrected chi connectivity index (χ0v) is 6.62. The second kappa shape index (κ2) is 4.97. The Balaban J connectivity index is -0.0000000800. The zero-order chi connectivity index (χ0) is 4.50. The molecule has 0 saturated carbocycles. The molecule has 4 nitrogen and oxygen atoms in total. The van der Waals surface area contributed by atoms with Gasteiger partial charge in [0.25, 0.3) is 0 Å². The van der Waals surface area contributed by atoms with Crippen molar-refractivity contribution in [1.29, 1.82) is 0 Å². The topological polar surface area (TPSA) is 74.6 Å². The van der Waals surface area contributed by atoms with Crippen molar-refractivity contribution in [3.8, 4) is 0 Å². The minimum atomic E-state index is -4.67. The van der Waals surface area contributed by atoms with Crippen molar-refractivity contribution >= 4 is 20.3 Å². The molecule has 0 amide bonds. The van der Waals surface area contributed by atoms with E-state index in [-0.39, 0.29) is 27.0 Å². The van der Waals surface area contributed by atoms with E-state index in [1.807, 2.05) is 0 Å². The van der Waals surface area contributed by atoms with Crippen molar-refractivity contribution in [2.24, 2.45) is 0 Å². The summed E-state index contributed by atoms with van der Waals surface area (Å²) in [7, 11) is -4.67. The van der Waals surface area contributed by atoms with Gasteiger partial charge in [0, 0.05) is 17.1 Å². The molecule has 0 saturated heterocycles. The van der Waals surface area contributed by atoms with Crippen LogP contribution in [0.5, 0.6) is 0 Å². The number of hydrogen-bond acceptors (Lipinski definition) is 2. The van der Waals surface area contributed by atoms with Gasteiger partial charge in [0.15, 0.2) is 0 Å². The van der Waals surface area contributed by atoms with Crippen LogP contribution < -0.4 is 0 Å². The van der Waals surface area contributed by atoms with E-state index in [4.69, 9.17) is 17.5 Å². The van der Waals surface area contributed by atoms with E-state index in [9.17, 15) is 0 Å². The van der Waals surface area contributed by atoms with Crippen LogP contribution in [0.4, 0.5) is 0 Å². The SMILES string of the molecule is O=S(=O)(O)O.P.[Mn]. The van der Waals surface area contributed by atoms with Gasteiger partial charge in [-0.05, 0) is 0 Å². The average molecular weight is 187 g/mol. The zero-order valence-electron chi connectivity index (χ0n) is 3.20. The summed E-state index contributed by atoms with van der Waals surface area (Å²) in [5.74, 6) is 0. The average Bonchev–Trinajstić information content (AvgIpc) is 0.722. The first-order valence-electron chi connectivity index (χ1n) is 0.698. The maximum absolute atomic E-state index is 8.74. The Morgan fingerprint density at radius 3 is 1.14 bits per heavy atom. The van der Waals surface area contributed by atoms with Crippen LogP contribution in [0, 0.1) is 0 Å². The van der Waals surface area contributed by atoms with Gasteiger partial charge in [-0.25, -0.2) is 0 Å². The molecule has 0 aliphatic rings. The normalized spacial score (nSPS) is 8.29. The minimum Gasteiger partial charge on any atom is -0.264 e. The third kappa shape index (κ3) is 236. The summed E-state index contributed by atoms with van der Waals surface area (Å²) in [6.45, 7) is 0. The van der Waals surface area contributed by atoms with Gasteiger partial charge >= 0.3 is 10.4 Å². The molecule has 0 aliphatic heterocycles. The Labute approximate surface area is 55.4 Å². The molecular weight excluding hydrogens is 182 g/mol. The van der Waals surface area contributed by atoms with E-state index >= 15 is 0 Å². The molecule has 0 aliphatic carbocycles. The van der Waals surface area contributed by atoms with Gasteiger partial charge in [-0.3, -0.25) is 9.11 Å². The van der Waals surface area contributed by atoms with E-state index < -0.39 is 10.4 Å². The van der Waals surface area contributed by atoms with Gasteiger partial charge in [0.05, 0.1) is 0 Å². The molecule has 0 rings (SSSR count). The first kappa shape index (κ1) is 15.7. The molecule has 1 atom stereocenters. The molecule has 47 valence electrons. The van der Waals surface area contributed by atoms with Gasteiger partial charge < -0.3 is 0 Å². The summed E-state index contributed by atoms with van der Waals surface area (Å²) >= 11 is 0. The fourth-order valence-electron chi connectivity index (χ4n) is 0. The summed E-state index contributed by atoms with van der Waals surface area (Å²) in [6, 6.07) is 0. The van der Waals surface area contributed by atoms with Crippen molar-refractivity contribution in [3.63, 3.8) is 0 Å². The van der Waals surface area contributed by atoms with Crippen LogP contribution in [0.25, 0.3) is 0 Å². The predicted molar refractivity (Wildman–Crippen MR) is 25.3 cm³/mol. The summed E-state index contributed by atoms with van der Waals surface area (Å²) in [5, 5.41) is 0. The van der Waals surface area contributed by atoms with Crippen LogP contribution >= 0.6 is 9.90 Å². The summed E-state index contributed by atoms with van der Waals surface area (Å²) in [4.78, 5) is 0. The van der Waals surface area contributed by atoms with Gasteiger partial charge in [-0.15, -0.1) is 0 Å². The molecule has 0 spiro atoms. The van der Waals surface area contributed by atoms with E-state index in [1.165, 1.54) is 0 Å². The second-order valence-electron chi connectivity index (χ2n) is 0.448. The molecule has 1 unspecified atom stereocenters. The van der Waals surface area contributed by atoms with Crippen LogP contribution in [0.1, 0.15) is 0 Å². The molecule has 0 fully saturated rings. The minimum absolute atomic E-state index is 0. The molecule has 0 aromatic heterocycles. The Morgan fingerprint density at radius 2 is 1.14 bits per heavy atom. The van der Waals surface area contributed by atoms with Gasteiger partial charge in [-0.1, -0.05) is 0 Å². The van der Waals surface area contributed by atoms with Crippen molar-refractivity contribution in [2.45, 2.75) is 0 Å². The Bertz CT molecular complexity index is 94.9. The number of rotatable bonds is 0. The van der Waals surface area contributed by atoms with E-state index in [1.54, 1.807) is 0 Å². The molecule has 0 aromatic carbocycles. The van der Waals surface area contributed by atoms with Crippen molar-refractivity contribution in [3.05, 3.63) is 0 Å². The first-order valence-corrected chi connectivity index (χ1v) is 2.10.